The Morgan fingerprint density at radius 1 is 1.29 bits per heavy atom. The van der Waals surface area contributed by atoms with Gasteiger partial charge in [-0.3, -0.25) is 0 Å². The summed E-state index contributed by atoms with van der Waals surface area (Å²) in [6.45, 7) is 4.09. The first-order chi connectivity index (χ1) is 10.1. The minimum absolute atomic E-state index is 0.0691. The van der Waals surface area contributed by atoms with Crippen molar-refractivity contribution in [3.63, 3.8) is 0 Å². The molecule has 1 aromatic heterocycles. The van der Waals surface area contributed by atoms with Crippen LogP contribution in [0, 0.1) is 0 Å². The molecule has 0 aliphatic carbocycles. The van der Waals surface area contributed by atoms with Gasteiger partial charge < -0.3 is 9.64 Å². The van der Waals surface area contributed by atoms with Crippen LogP contribution < -0.4 is 14.4 Å². The van der Waals surface area contributed by atoms with E-state index >= 15 is 0 Å². The molecule has 0 spiro atoms. The van der Waals surface area contributed by atoms with Crippen molar-refractivity contribution < 1.29 is 13.2 Å². The van der Waals surface area contributed by atoms with Crippen LogP contribution >= 0.6 is 0 Å². The Morgan fingerprint density at radius 3 is 2.76 bits per heavy atom. The Hall–Kier alpha value is -1.41. The van der Waals surface area contributed by atoms with Crippen molar-refractivity contribution in [1.29, 1.82) is 0 Å². The van der Waals surface area contributed by atoms with Gasteiger partial charge in [0.15, 0.2) is 0 Å². The van der Waals surface area contributed by atoms with Crippen LogP contribution in [0.1, 0.15) is 26.2 Å². The van der Waals surface area contributed by atoms with E-state index in [1.807, 2.05) is 0 Å². The second kappa shape index (κ2) is 7.56. The van der Waals surface area contributed by atoms with E-state index in [0.717, 1.165) is 18.9 Å². The van der Waals surface area contributed by atoms with Gasteiger partial charge in [0.25, 0.3) is 0 Å². The molecule has 0 amide bonds. The normalized spacial score (nSPS) is 16.0. The van der Waals surface area contributed by atoms with Gasteiger partial charge in [0, 0.05) is 25.7 Å². The lowest BCUT2D eigenvalue weighted by Crippen LogP contribution is -2.30. The molecule has 1 aliphatic heterocycles. The molecule has 0 atom stereocenters. The van der Waals surface area contributed by atoms with Crippen LogP contribution in [0.15, 0.2) is 12.4 Å². The molecule has 2 heterocycles. The third kappa shape index (κ3) is 5.13. The van der Waals surface area contributed by atoms with E-state index in [1.54, 1.807) is 13.0 Å². The van der Waals surface area contributed by atoms with Gasteiger partial charge in [-0.05, 0) is 26.2 Å². The Morgan fingerprint density at radius 2 is 2.05 bits per heavy atom. The van der Waals surface area contributed by atoms with Gasteiger partial charge in [0.2, 0.25) is 15.9 Å². The number of nitrogens with one attached hydrogen (secondary N) is 1. The Balaban J connectivity index is 1.83. The lowest BCUT2D eigenvalue weighted by atomic mass is 10.1. The largest absolute Gasteiger partial charge is 0.476 e. The number of anilines is 1. The Labute approximate surface area is 125 Å². The highest BCUT2D eigenvalue weighted by Crippen LogP contribution is 2.19. The first-order valence-corrected chi connectivity index (χ1v) is 8.93. The summed E-state index contributed by atoms with van der Waals surface area (Å²) < 4.78 is 30.5. The van der Waals surface area contributed by atoms with Crippen molar-refractivity contribution in [2.24, 2.45) is 0 Å². The predicted octanol–water partition coefficient (Wildman–Crippen LogP) is 0.785. The molecule has 1 aromatic rings. The van der Waals surface area contributed by atoms with Crippen LogP contribution in [0.3, 0.4) is 0 Å². The smallest absolute Gasteiger partial charge is 0.218 e. The minimum Gasteiger partial charge on any atom is -0.476 e. The molecule has 1 aliphatic rings. The molecule has 2 rings (SSSR count). The summed E-state index contributed by atoms with van der Waals surface area (Å²) in [5, 5.41) is 0. The van der Waals surface area contributed by atoms with Crippen molar-refractivity contribution in [1.82, 2.24) is 14.7 Å². The molecule has 0 saturated carbocycles. The predicted molar refractivity (Wildman–Crippen MR) is 81.1 cm³/mol. The molecule has 1 N–H and O–H groups in total. The molecular formula is C13H22N4O3S. The molecule has 21 heavy (non-hydrogen) atoms. The second-order valence-electron chi connectivity index (χ2n) is 4.91. The summed E-state index contributed by atoms with van der Waals surface area (Å²) in [6, 6.07) is 1.81. The number of nitrogens with zero attached hydrogens (tertiary/aromatic N) is 3. The fraction of sp³-hybridized carbons (Fsp3) is 0.692. The molecule has 0 aromatic carbocycles. The van der Waals surface area contributed by atoms with Gasteiger partial charge >= 0.3 is 0 Å². The molecule has 1 fully saturated rings. The van der Waals surface area contributed by atoms with Crippen molar-refractivity contribution >= 4 is 15.8 Å². The van der Waals surface area contributed by atoms with Crippen molar-refractivity contribution in [3.05, 3.63) is 12.4 Å². The molecule has 0 radical (unpaired) electrons. The maximum atomic E-state index is 11.3. The van der Waals surface area contributed by atoms with E-state index in [4.69, 9.17) is 4.74 Å². The standard InChI is InChI=1S/C13H22N4O3S/c1-2-21(18,19)16-6-9-20-13-10-12(14-11-15-13)17-7-4-3-5-8-17/h10-11,16H,2-9H2,1H3. The first kappa shape index (κ1) is 16.0. The van der Waals surface area contributed by atoms with Crippen LogP contribution in [-0.4, -0.2) is 50.4 Å². The molecule has 0 unspecified atom stereocenters. The highest BCUT2D eigenvalue weighted by molar-refractivity contribution is 7.89. The number of ether oxygens (including phenoxy) is 1. The highest BCUT2D eigenvalue weighted by atomic mass is 32.2. The molecule has 8 heteroatoms. The molecular weight excluding hydrogens is 292 g/mol. The summed E-state index contributed by atoms with van der Waals surface area (Å²) in [7, 11) is -3.17. The number of aromatic nitrogens is 2. The highest BCUT2D eigenvalue weighted by Gasteiger charge is 2.13. The third-order valence-electron chi connectivity index (χ3n) is 3.36. The van der Waals surface area contributed by atoms with Crippen LogP contribution in [0.2, 0.25) is 0 Å². The van der Waals surface area contributed by atoms with Crippen LogP contribution in [0.4, 0.5) is 5.82 Å². The quantitative estimate of drug-likeness (QED) is 0.749. The van der Waals surface area contributed by atoms with Crippen LogP contribution in [0.25, 0.3) is 0 Å². The van der Waals surface area contributed by atoms with Gasteiger partial charge in [-0.15, -0.1) is 0 Å². The number of hydrogen-bond donors (Lipinski definition) is 1. The zero-order valence-corrected chi connectivity index (χ0v) is 13.1. The minimum atomic E-state index is -3.17. The number of hydrogen-bond acceptors (Lipinski definition) is 6. The topological polar surface area (TPSA) is 84.4 Å². The average molecular weight is 314 g/mol. The summed E-state index contributed by atoms with van der Waals surface area (Å²) in [6.07, 6.45) is 5.11. The van der Waals surface area contributed by atoms with E-state index in [2.05, 4.69) is 19.6 Å². The van der Waals surface area contributed by atoms with Crippen LogP contribution in [0.5, 0.6) is 5.88 Å². The van der Waals surface area contributed by atoms with Gasteiger partial charge in [-0.1, -0.05) is 0 Å². The zero-order valence-electron chi connectivity index (χ0n) is 12.3. The average Bonchev–Trinajstić information content (AvgIpc) is 2.53. The second-order valence-corrected chi connectivity index (χ2v) is 7.00. The first-order valence-electron chi connectivity index (χ1n) is 7.28. The third-order valence-corrected chi connectivity index (χ3v) is 4.77. The van der Waals surface area contributed by atoms with Crippen molar-refractivity contribution in [3.8, 4) is 5.88 Å². The lowest BCUT2D eigenvalue weighted by Gasteiger charge is -2.27. The fourth-order valence-electron chi connectivity index (χ4n) is 2.16. The molecule has 118 valence electrons. The summed E-state index contributed by atoms with van der Waals surface area (Å²) in [5.41, 5.74) is 0. The Bertz CT molecular complexity index is 544. The molecule has 1 saturated heterocycles. The van der Waals surface area contributed by atoms with E-state index in [1.165, 1.54) is 25.6 Å². The van der Waals surface area contributed by atoms with Gasteiger partial charge in [-0.2, -0.15) is 0 Å². The maximum absolute atomic E-state index is 11.3. The van der Waals surface area contributed by atoms with Gasteiger partial charge in [0.05, 0.1) is 5.75 Å². The van der Waals surface area contributed by atoms with E-state index in [0.29, 0.717) is 5.88 Å². The van der Waals surface area contributed by atoms with E-state index < -0.39 is 10.0 Å². The molecule has 7 nitrogen and oxygen atoms in total. The monoisotopic (exact) mass is 314 g/mol. The fourth-order valence-corrected chi connectivity index (χ4v) is 2.76. The summed E-state index contributed by atoms with van der Waals surface area (Å²) in [5.74, 6) is 1.41. The van der Waals surface area contributed by atoms with Gasteiger partial charge in [-0.25, -0.2) is 23.1 Å². The molecule has 0 bridgehead atoms. The number of rotatable bonds is 7. The number of sulfonamides is 1. The summed E-state index contributed by atoms with van der Waals surface area (Å²) >= 11 is 0. The van der Waals surface area contributed by atoms with Crippen LogP contribution in [-0.2, 0) is 10.0 Å². The Kier molecular flexibility index (Phi) is 5.75. The SMILES string of the molecule is CCS(=O)(=O)NCCOc1cc(N2CCCCC2)ncn1. The van der Waals surface area contributed by atoms with Gasteiger partial charge in [0.1, 0.15) is 18.8 Å². The zero-order chi connectivity index (χ0) is 15.1. The summed E-state index contributed by atoms with van der Waals surface area (Å²) in [4.78, 5) is 10.5. The number of piperidine rings is 1. The maximum Gasteiger partial charge on any atom is 0.218 e. The van der Waals surface area contributed by atoms with Crippen molar-refractivity contribution in [2.75, 3.05) is 36.9 Å². The van der Waals surface area contributed by atoms with Crippen molar-refractivity contribution in [2.45, 2.75) is 26.2 Å². The van der Waals surface area contributed by atoms with E-state index in [-0.39, 0.29) is 18.9 Å². The lowest BCUT2D eigenvalue weighted by molar-refractivity contribution is 0.310. The van der Waals surface area contributed by atoms with E-state index in [9.17, 15) is 8.42 Å².